The van der Waals surface area contributed by atoms with Crippen molar-refractivity contribution in [1.82, 2.24) is 4.90 Å². The molecule has 0 bridgehead atoms. The van der Waals surface area contributed by atoms with Crippen LogP contribution in [0.5, 0.6) is 11.5 Å². The van der Waals surface area contributed by atoms with E-state index in [1.54, 1.807) is 7.11 Å². The van der Waals surface area contributed by atoms with Gasteiger partial charge in [0, 0.05) is 23.9 Å². The molecule has 4 unspecified atom stereocenters. The Labute approximate surface area is 155 Å². The van der Waals surface area contributed by atoms with Crippen molar-refractivity contribution in [2.24, 2.45) is 5.92 Å². The number of methoxy groups -OCH3 is 1. The summed E-state index contributed by atoms with van der Waals surface area (Å²) < 4.78 is 17.9. The van der Waals surface area contributed by atoms with Crippen molar-refractivity contribution in [3.05, 3.63) is 23.3 Å². The van der Waals surface area contributed by atoms with Crippen LogP contribution in [-0.4, -0.2) is 50.3 Å². The van der Waals surface area contributed by atoms with E-state index in [0.29, 0.717) is 12.0 Å². The van der Waals surface area contributed by atoms with Gasteiger partial charge in [0.1, 0.15) is 12.2 Å². The predicted molar refractivity (Wildman–Crippen MR) is 98.8 cm³/mol. The highest BCUT2D eigenvalue weighted by atomic mass is 16.6. The van der Waals surface area contributed by atoms with Crippen molar-refractivity contribution in [1.29, 1.82) is 0 Å². The number of likely N-dealkylation sites (N-methyl/N-ethyl adjacent to an activating group) is 1. The second-order valence-electron chi connectivity index (χ2n) is 8.13. The number of rotatable bonds is 4. The lowest BCUT2D eigenvalue weighted by atomic mass is 9.53. The molecule has 0 aromatic heterocycles. The summed E-state index contributed by atoms with van der Waals surface area (Å²) >= 11 is 0. The highest BCUT2D eigenvalue weighted by molar-refractivity contribution is 5.67. The fourth-order valence-electron chi connectivity index (χ4n) is 5.91. The number of benzene rings is 1. The molecule has 0 N–H and O–H groups in total. The maximum atomic E-state index is 11.7. The van der Waals surface area contributed by atoms with Crippen LogP contribution < -0.4 is 9.47 Å². The minimum absolute atomic E-state index is 0.120. The molecule has 1 heterocycles. The molecule has 1 saturated carbocycles. The maximum absolute atomic E-state index is 11.7. The quantitative estimate of drug-likeness (QED) is 0.774. The summed E-state index contributed by atoms with van der Waals surface area (Å²) in [6, 6.07) is 4.68. The van der Waals surface area contributed by atoms with E-state index in [1.165, 1.54) is 18.1 Å². The van der Waals surface area contributed by atoms with E-state index < -0.39 is 0 Å². The fraction of sp³-hybridized carbons (Fsp3) is 0.667. The van der Waals surface area contributed by atoms with Crippen LogP contribution in [0, 0.1) is 5.92 Å². The van der Waals surface area contributed by atoms with Crippen LogP contribution in [0.2, 0.25) is 0 Å². The predicted octanol–water partition coefficient (Wildman–Crippen LogP) is 2.93. The van der Waals surface area contributed by atoms with Crippen molar-refractivity contribution in [2.75, 3.05) is 21.2 Å². The van der Waals surface area contributed by atoms with Crippen molar-refractivity contribution >= 4 is 5.97 Å². The molecule has 142 valence electrons. The van der Waals surface area contributed by atoms with Gasteiger partial charge in [-0.05, 0) is 57.3 Å². The second-order valence-corrected chi connectivity index (χ2v) is 8.13. The lowest BCUT2D eigenvalue weighted by Crippen LogP contribution is -2.62. The molecule has 1 aromatic carbocycles. The Morgan fingerprint density at radius 2 is 2.12 bits per heavy atom. The molecule has 5 heteroatoms. The van der Waals surface area contributed by atoms with Gasteiger partial charge in [-0.25, -0.2) is 0 Å². The van der Waals surface area contributed by atoms with Crippen LogP contribution in [0.15, 0.2) is 12.1 Å². The monoisotopic (exact) mass is 359 g/mol. The third-order valence-corrected chi connectivity index (χ3v) is 6.87. The highest BCUT2D eigenvalue weighted by Gasteiger charge is 2.63. The second kappa shape index (κ2) is 6.15. The van der Waals surface area contributed by atoms with Gasteiger partial charge >= 0.3 is 5.97 Å². The molecule has 0 amide bonds. The number of esters is 1. The van der Waals surface area contributed by atoms with Gasteiger partial charge in [0.2, 0.25) is 0 Å². The first kappa shape index (κ1) is 17.7. The molecule has 0 spiro atoms. The van der Waals surface area contributed by atoms with Crippen molar-refractivity contribution in [3.8, 4) is 11.5 Å². The van der Waals surface area contributed by atoms with Gasteiger partial charge in [0.15, 0.2) is 11.5 Å². The largest absolute Gasteiger partial charge is 0.493 e. The number of carbonyl (C=O) groups is 1. The normalized spacial score (nSPS) is 34.2. The highest BCUT2D eigenvalue weighted by Crippen LogP contribution is 2.62. The molecule has 4 rings (SSSR count). The lowest BCUT2D eigenvalue weighted by Gasteiger charge is -2.54. The Balaban J connectivity index is 1.91. The van der Waals surface area contributed by atoms with Crippen LogP contribution in [0.3, 0.4) is 0 Å². The SMILES string of the molecule is CC[C@@]12c3c4ccc(OC)c3OC1C(OC(C)=O)CCC2C(N(C)C)C4. The zero-order valence-electron chi connectivity index (χ0n) is 16.4. The molecule has 5 atom stereocenters. The Morgan fingerprint density at radius 3 is 2.73 bits per heavy atom. The molecule has 3 aliphatic rings. The van der Waals surface area contributed by atoms with Gasteiger partial charge in [-0.3, -0.25) is 4.79 Å². The molecule has 1 aliphatic heterocycles. The molecule has 2 aliphatic carbocycles. The molecular formula is C21H29NO4. The molecule has 1 fully saturated rings. The van der Waals surface area contributed by atoms with E-state index in [1.807, 2.05) is 6.07 Å². The van der Waals surface area contributed by atoms with Crippen molar-refractivity contribution in [2.45, 2.75) is 63.2 Å². The number of hydrogen-bond donors (Lipinski definition) is 0. The van der Waals surface area contributed by atoms with Crippen molar-refractivity contribution in [3.63, 3.8) is 0 Å². The minimum atomic E-state index is -0.230. The number of ether oxygens (including phenoxy) is 3. The van der Waals surface area contributed by atoms with E-state index in [2.05, 4.69) is 32.0 Å². The van der Waals surface area contributed by atoms with E-state index in [9.17, 15) is 4.79 Å². The fourth-order valence-corrected chi connectivity index (χ4v) is 5.91. The van der Waals surface area contributed by atoms with Crippen molar-refractivity contribution < 1.29 is 19.0 Å². The number of carbonyl (C=O) groups excluding carboxylic acids is 1. The first-order chi connectivity index (χ1) is 12.4. The van der Waals surface area contributed by atoms with Crippen LogP contribution in [-0.2, 0) is 21.4 Å². The van der Waals surface area contributed by atoms with E-state index >= 15 is 0 Å². The van der Waals surface area contributed by atoms with Gasteiger partial charge in [-0.2, -0.15) is 0 Å². The third-order valence-electron chi connectivity index (χ3n) is 6.87. The van der Waals surface area contributed by atoms with Gasteiger partial charge in [-0.15, -0.1) is 0 Å². The summed E-state index contributed by atoms with van der Waals surface area (Å²) in [6.45, 7) is 3.73. The minimum Gasteiger partial charge on any atom is -0.493 e. The first-order valence-corrected chi connectivity index (χ1v) is 9.64. The van der Waals surface area contributed by atoms with E-state index in [-0.39, 0.29) is 23.6 Å². The van der Waals surface area contributed by atoms with E-state index in [4.69, 9.17) is 14.2 Å². The summed E-state index contributed by atoms with van der Waals surface area (Å²) in [7, 11) is 6.04. The summed E-state index contributed by atoms with van der Waals surface area (Å²) in [6.07, 6.45) is 3.56. The van der Waals surface area contributed by atoms with E-state index in [0.717, 1.165) is 37.2 Å². The average Bonchev–Trinajstić information content (AvgIpc) is 2.97. The van der Waals surface area contributed by atoms with Crippen LogP contribution in [0.1, 0.15) is 44.2 Å². The molecule has 5 nitrogen and oxygen atoms in total. The topological polar surface area (TPSA) is 48.0 Å². The zero-order valence-corrected chi connectivity index (χ0v) is 16.4. The number of hydrogen-bond acceptors (Lipinski definition) is 5. The standard InChI is InChI=1S/C21H29NO4/c1-6-21-14-8-10-17(25-12(2)23)20(21)26-19-16(24-5)9-7-13(18(19)21)11-15(14)22(3)4/h7,9,14-15,17,20H,6,8,10-11H2,1-5H3/t14?,15?,17?,20?,21-/m1/s1. The Kier molecular flexibility index (Phi) is 4.18. The molecular weight excluding hydrogens is 330 g/mol. The van der Waals surface area contributed by atoms with Gasteiger partial charge in [0.25, 0.3) is 0 Å². The third kappa shape index (κ3) is 2.22. The maximum Gasteiger partial charge on any atom is 0.303 e. The zero-order chi connectivity index (χ0) is 18.6. The summed E-state index contributed by atoms with van der Waals surface area (Å²) in [5, 5.41) is 0. The average molecular weight is 359 g/mol. The summed E-state index contributed by atoms with van der Waals surface area (Å²) in [4.78, 5) is 14.1. The Bertz CT molecular complexity index is 731. The Hall–Kier alpha value is -1.75. The van der Waals surface area contributed by atoms with Crippen LogP contribution in [0.25, 0.3) is 0 Å². The molecule has 26 heavy (non-hydrogen) atoms. The molecule has 0 saturated heterocycles. The van der Waals surface area contributed by atoms with Gasteiger partial charge in [0.05, 0.1) is 7.11 Å². The summed E-state index contributed by atoms with van der Waals surface area (Å²) in [5.74, 6) is 1.92. The number of nitrogens with zero attached hydrogens (tertiary/aromatic N) is 1. The Morgan fingerprint density at radius 1 is 1.35 bits per heavy atom. The van der Waals surface area contributed by atoms with Gasteiger partial charge in [-0.1, -0.05) is 13.0 Å². The first-order valence-electron chi connectivity index (χ1n) is 9.64. The molecule has 1 aromatic rings. The van der Waals surface area contributed by atoms with Crippen LogP contribution in [0.4, 0.5) is 0 Å². The molecule has 0 radical (unpaired) electrons. The summed E-state index contributed by atoms with van der Waals surface area (Å²) in [5.41, 5.74) is 2.54. The van der Waals surface area contributed by atoms with Gasteiger partial charge < -0.3 is 19.1 Å². The van der Waals surface area contributed by atoms with Crippen LogP contribution >= 0.6 is 0 Å². The lowest BCUT2D eigenvalue weighted by molar-refractivity contribution is -0.160. The smallest absolute Gasteiger partial charge is 0.303 e.